The van der Waals surface area contributed by atoms with Gasteiger partial charge in [-0.3, -0.25) is 9.59 Å². The van der Waals surface area contributed by atoms with Gasteiger partial charge in [-0.05, 0) is 68.1 Å². The zero-order valence-electron chi connectivity index (χ0n) is 14.0. The molecule has 0 atom stereocenters. The highest BCUT2D eigenvalue weighted by molar-refractivity contribution is 5.99. The third-order valence-corrected chi connectivity index (χ3v) is 3.85. The number of carbonyl (C=O) groups is 2. The van der Waals surface area contributed by atoms with Gasteiger partial charge in [0, 0.05) is 11.3 Å². The van der Waals surface area contributed by atoms with Crippen LogP contribution >= 0.6 is 0 Å². The van der Waals surface area contributed by atoms with Gasteiger partial charge in [0.15, 0.2) is 0 Å². The zero-order valence-corrected chi connectivity index (χ0v) is 14.0. The van der Waals surface area contributed by atoms with Crippen molar-refractivity contribution in [2.24, 2.45) is 0 Å². The van der Waals surface area contributed by atoms with E-state index in [1.54, 1.807) is 6.07 Å². The molecule has 23 heavy (non-hydrogen) atoms. The average Bonchev–Trinajstić information content (AvgIpc) is 2.51. The number of rotatable bonds is 4. The van der Waals surface area contributed by atoms with Crippen molar-refractivity contribution in [3.05, 3.63) is 64.2 Å². The summed E-state index contributed by atoms with van der Waals surface area (Å²) < 4.78 is 0. The summed E-state index contributed by atoms with van der Waals surface area (Å²) in [7, 11) is 0. The number of hydrogen-bond acceptors (Lipinski definition) is 2. The summed E-state index contributed by atoms with van der Waals surface area (Å²) in [5.74, 6) is -0.486. The average molecular weight is 310 g/mol. The van der Waals surface area contributed by atoms with Crippen LogP contribution in [-0.4, -0.2) is 18.4 Å². The van der Waals surface area contributed by atoms with Gasteiger partial charge in [-0.2, -0.15) is 0 Å². The Bertz CT molecular complexity index is 751. The molecule has 0 saturated carbocycles. The standard InChI is InChI=1S/C19H22N2O2/c1-12-5-6-14(3)17(9-12)21-18(22)11-20-19(23)16-8-7-13(2)15(4)10-16/h5-10H,11H2,1-4H3,(H,20,23)(H,21,22). The molecule has 2 rings (SSSR count). The van der Waals surface area contributed by atoms with E-state index in [-0.39, 0.29) is 18.4 Å². The Balaban J connectivity index is 1.94. The number of nitrogens with one attached hydrogen (secondary N) is 2. The Hall–Kier alpha value is -2.62. The van der Waals surface area contributed by atoms with Gasteiger partial charge in [0.1, 0.15) is 0 Å². The number of amides is 2. The van der Waals surface area contributed by atoms with E-state index < -0.39 is 0 Å². The van der Waals surface area contributed by atoms with E-state index in [0.29, 0.717) is 5.56 Å². The largest absolute Gasteiger partial charge is 0.343 e. The lowest BCUT2D eigenvalue weighted by molar-refractivity contribution is -0.115. The maximum atomic E-state index is 12.1. The fourth-order valence-electron chi connectivity index (χ4n) is 2.21. The molecule has 0 aliphatic rings. The first-order valence-corrected chi connectivity index (χ1v) is 7.59. The van der Waals surface area contributed by atoms with Crippen molar-refractivity contribution < 1.29 is 9.59 Å². The number of benzene rings is 2. The predicted molar refractivity (Wildman–Crippen MR) is 92.8 cm³/mol. The highest BCUT2D eigenvalue weighted by Gasteiger charge is 2.10. The van der Waals surface area contributed by atoms with E-state index >= 15 is 0 Å². The van der Waals surface area contributed by atoms with Gasteiger partial charge in [0.25, 0.3) is 5.91 Å². The quantitative estimate of drug-likeness (QED) is 0.910. The van der Waals surface area contributed by atoms with Crippen molar-refractivity contribution in [2.45, 2.75) is 27.7 Å². The van der Waals surface area contributed by atoms with Crippen LogP contribution in [0.1, 0.15) is 32.6 Å². The van der Waals surface area contributed by atoms with Gasteiger partial charge in [-0.25, -0.2) is 0 Å². The van der Waals surface area contributed by atoms with E-state index in [1.807, 2.05) is 58.0 Å². The fourth-order valence-corrected chi connectivity index (χ4v) is 2.21. The van der Waals surface area contributed by atoms with Gasteiger partial charge in [0.05, 0.1) is 6.54 Å². The van der Waals surface area contributed by atoms with Gasteiger partial charge in [-0.15, -0.1) is 0 Å². The summed E-state index contributed by atoms with van der Waals surface area (Å²) in [6.07, 6.45) is 0. The van der Waals surface area contributed by atoms with Crippen molar-refractivity contribution >= 4 is 17.5 Å². The van der Waals surface area contributed by atoms with Crippen LogP contribution in [0.3, 0.4) is 0 Å². The van der Waals surface area contributed by atoms with Crippen LogP contribution in [0.4, 0.5) is 5.69 Å². The maximum Gasteiger partial charge on any atom is 0.251 e. The van der Waals surface area contributed by atoms with Gasteiger partial charge in [-0.1, -0.05) is 18.2 Å². The number of carbonyl (C=O) groups excluding carboxylic acids is 2. The molecular weight excluding hydrogens is 288 g/mol. The van der Waals surface area contributed by atoms with E-state index in [0.717, 1.165) is 27.9 Å². The van der Waals surface area contributed by atoms with Crippen molar-refractivity contribution in [1.29, 1.82) is 0 Å². The Morgan fingerprint density at radius 1 is 0.870 bits per heavy atom. The van der Waals surface area contributed by atoms with E-state index in [2.05, 4.69) is 10.6 Å². The van der Waals surface area contributed by atoms with E-state index in [9.17, 15) is 9.59 Å². The lowest BCUT2D eigenvalue weighted by atomic mass is 10.1. The smallest absolute Gasteiger partial charge is 0.251 e. The molecule has 4 heteroatoms. The molecule has 0 heterocycles. The molecule has 120 valence electrons. The Labute approximate surface area is 136 Å². The van der Waals surface area contributed by atoms with Gasteiger partial charge in [0.2, 0.25) is 5.91 Å². The van der Waals surface area contributed by atoms with Gasteiger partial charge < -0.3 is 10.6 Å². The van der Waals surface area contributed by atoms with Crippen LogP contribution in [0, 0.1) is 27.7 Å². The Morgan fingerprint density at radius 3 is 2.26 bits per heavy atom. The highest BCUT2D eigenvalue weighted by Crippen LogP contribution is 2.16. The molecular formula is C19H22N2O2. The second-order valence-corrected chi connectivity index (χ2v) is 5.85. The lowest BCUT2D eigenvalue weighted by Gasteiger charge is -2.10. The molecule has 0 aliphatic heterocycles. The van der Waals surface area contributed by atoms with Gasteiger partial charge >= 0.3 is 0 Å². The van der Waals surface area contributed by atoms with Crippen molar-refractivity contribution in [1.82, 2.24) is 5.32 Å². The Kier molecular flexibility index (Phi) is 5.16. The van der Waals surface area contributed by atoms with Crippen LogP contribution in [0.25, 0.3) is 0 Å². The normalized spacial score (nSPS) is 10.3. The second kappa shape index (κ2) is 7.09. The fraction of sp³-hybridized carbons (Fsp3) is 0.263. The predicted octanol–water partition coefficient (Wildman–Crippen LogP) is 3.29. The molecule has 0 bridgehead atoms. The lowest BCUT2D eigenvalue weighted by Crippen LogP contribution is -2.33. The van der Waals surface area contributed by atoms with Crippen molar-refractivity contribution in [2.75, 3.05) is 11.9 Å². The minimum Gasteiger partial charge on any atom is -0.343 e. The molecule has 2 amide bonds. The molecule has 2 N–H and O–H groups in total. The third kappa shape index (κ3) is 4.42. The zero-order chi connectivity index (χ0) is 17.0. The first kappa shape index (κ1) is 16.7. The molecule has 0 fully saturated rings. The van der Waals surface area contributed by atoms with Crippen molar-refractivity contribution in [3.63, 3.8) is 0 Å². The number of aryl methyl sites for hydroxylation is 4. The molecule has 0 unspecified atom stereocenters. The summed E-state index contributed by atoms with van der Waals surface area (Å²) in [6.45, 7) is 7.80. The van der Waals surface area contributed by atoms with E-state index in [1.165, 1.54) is 0 Å². The maximum absolute atomic E-state index is 12.1. The third-order valence-electron chi connectivity index (χ3n) is 3.85. The molecule has 0 radical (unpaired) electrons. The summed E-state index contributed by atoms with van der Waals surface area (Å²) in [6, 6.07) is 11.4. The number of anilines is 1. The van der Waals surface area contributed by atoms with Crippen LogP contribution in [0.2, 0.25) is 0 Å². The first-order chi connectivity index (χ1) is 10.9. The molecule has 0 aliphatic carbocycles. The summed E-state index contributed by atoms with van der Waals surface area (Å²) in [4.78, 5) is 24.1. The summed E-state index contributed by atoms with van der Waals surface area (Å²) in [5, 5.41) is 5.47. The minimum atomic E-state index is -0.246. The molecule has 0 saturated heterocycles. The first-order valence-electron chi connectivity index (χ1n) is 7.59. The second-order valence-electron chi connectivity index (χ2n) is 5.85. The minimum absolute atomic E-state index is 0.0564. The van der Waals surface area contributed by atoms with E-state index in [4.69, 9.17) is 0 Å². The summed E-state index contributed by atoms with van der Waals surface area (Å²) >= 11 is 0. The molecule has 4 nitrogen and oxygen atoms in total. The monoisotopic (exact) mass is 310 g/mol. The van der Waals surface area contributed by atoms with Crippen LogP contribution in [-0.2, 0) is 4.79 Å². The number of hydrogen-bond donors (Lipinski definition) is 2. The molecule has 0 aromatic heterocycles. The SMILES string of the molecule is Cc1ccc(C)c(NC(=O)CNC(=O)c2ccc(C)c(C)c2)c1. The van der Waals surface area contributed by atoms with Crippen LogP contribution in [0.5, 0.6) is 0 Å². The van der Waals surface area contributed by atoms with Crippen LogP contribution in [0.15, 0.2) is 36.4 Å². The van der Waals surface area contributed by atoms with Crippen molar-refractivity contribution in [3.8, 4) is 0 Å². The van der Waals surface area contributed by atoms with Crippen LogP contribution < -0.4 is 10.6 Å². The Morgan fingerprint density at radius 2 is 1.57 bits per heavy atom. The molecule has 2 aromatic carbocycles. The highest BCUT2D eigenvalue weighted by atomic mass is 16.2. The summed E-state index contributed by atoms with van der Waals surface area (Å²) in [5.41, 5.74) is 5.59. The molecule has 0 spiro atoms. The molecule has 2 aromatic rings. The topological polar surface area (TPSA) is 58.2 Å².